The first kappa shape index (κ1) is 17.4. The maximum atomic E-state index is 12.0. The number of piperazine rings is 1. The van der Waals surface area contributed by atoms with Crippen LogP contribution in [0.5, 0.6) is 0 Å². The fourth-order valence-electron chi connectivity index (χ4n) is 3.87. The van der Waals surface area contributed by atoms with Crippen molar-refractivity contribution in [1.82, 2.24) is 20.4 Å². The van der Waals surface area contributed by atoms with Crippen LogP contribution in [-0.4, -0.2) is 70.9 Å². The summed E-state index contributed by atoms with van der Waals surface area (Å²) in [4.78, 5) is 16.9. The average Bonchev–Trinajstić information content (AvgIpc) is 3.38. The smallest absolute Gasteiger partial charge is 0.321 e. The molecular formula is C16H26N6OS2. The molecule has 2 N–H and O–H groups in total. The molecule has 7 nitrogen and oxygen atoms in total. The van der Waals surface area contributed by atoms with Crippen molar-refractivity contribution in [3.63, 3.8) is 0 Å². The molecular weight excluding hydrogens is 356 g/mol. The molecule has 0 aromatic carbocycles. The number of carbonyl (C=O) groups is 1. The van der Waals surface area contributed by atoms with E-state index < -0.39 is 0 Å². The molecule has 1 unspecified atom stereocenters. The highest BCUT2D eigenvalue weighted by Crippen LogP contribution is 2.27. The molecule has 1 aromatic rings. The molecule has 1 aliphatic carbocycles. The summed E-state index contributed by atoms with van der Waals surface area (Å²) >= 11 is 3.54. The molecule has 1 atom stereocenters. The summed E-state index contributed by atoms with van der Waals surface area (Å²) in [6.45, 7) is 4.17. The Kier molecular flexibility index (Phi) is 5.62. The molecule has 3 aliphatic rings. The topological polar surface area (TPSA) is 73.4 Å². The summed E-state index contributed by atoms with van der Waals surface area (Å²) in [5.41, 5.74) is 0. The number of amides is 2. The molecule has 9 heteroatoms. The number of urea groups is 1. The summed E-state index contributed by atoms with van der Waals surface area (Å²) in [7, 11) is 0. The van der Waals surface area contributed by atoms with Crippen LogP contribution in [-0.2, 0) is 0 Å². The van der Waals surface area contributed by atoms with Crippen LogP contribution in [0.25, 0.3) is 0 Å². The molecule has 1 aromatic heterocycles. The van der Waals surface area contributed by atoms with Gasteiger partial charge in [0.2, 0.25) is 10.3 Å². The third-order valence-corrected chi connectivity index (χ3v) is 7.38. The lowest BCUT2D eigenvalue weighted by molar-refractivity contribution is 0.201. The second-order valence-electron chi connectivity index (χ2n) is 7.01. The van der Waals surface area contributed by atoms with Crippen molar-refractivity contribution in [2.45, 2.75) is 44.2 Å². The minimum atomic E-state index is -0.154. The first-order valence-electron chi connectivity index (χ1n) is 9.26. The minimum absolute atomic E-state index is 0.154. The van der Waals surface area contributed by atoms with Gasteiger partial charge in [-0.1, -0.05) is 24.2 Å². The zero-order valence-electron chi connectivity index (χ0n) is 14.4. The number of nitrogens with zero attached hydrogens (tertiary/aromatic N) is 4. The fraction of sp³-hybridized carbons (Fsp3) is 0.812. The predicted octanol–water partition coefficient (Wildman–Crippen LogP) is 2.23. The highest BCUT2D eigenvalue weighted by Gasteiger charge is 2.27. The van der Waals surface area contributed by atoms with Gasteiger partial charge in [-0.05, 0) is 25.0 Å². The zero-order valence-corrected chi connectivity index (χ0v) is 16.1. The Bertz CT molecular complexity index is 577. The SMILES string of the molecule is O=C(Nc1nnc(N2CCN(C3CCSC3)CC2)s1)NC1CCCC1. The quantitative estimate of drug-likeness (QED) is 0.832. The Hall–Kier alpha value is -1.06. The van der Waals surface area contributed by atoms with E-state index in [2.05, 4.69) is 42.4 Å². The number of hydrogen-bond donors (Lipinski definition) is 2. The zero-order chi connectivity index (χ0) is 17.1. The van der Waals surface area contributed by atoms with Gasteiger partial charge < -0.3 is 10.2 Å². The van der Waals surface area contributed by atoms with Crippen LogP contribution >= 0.6 is 23.1 Å². The maximum Gasteiger partial charge on any atom is 0.321 e. The Morgan fingerprint density at radius 1 is 1.08 bits per heavy atom. The van der Waals surface area contributed by atoms with E-state index in [0.717, 1.165) is 50.2 Å². The second kappa shape index (κ2) is 8.09. The Labute approximate surface area is 156 Å². The van der Waals surface area contributed by atoms with Gasteiger partial charge >= 0.3 is 6.03 Å². The molecule has 0 spiro atoms. The van der Waals surface area contributed by atoms with E-state index in [0.29, 0.717) is 11.2 Å². The van der Waals surface area contributed by atoms with Crippen LogP contribution in [0.3, 0.4) is 0 Å². The molecule has 2 aliphatic heterocycles. The second-order valence-corrected chi connectivity index (χ2v) is 9.12. The van der Waals surface area contributed by atoms with Crippen molar-refractivity contribution < 1.29 is 4.79 Å². The molecule has 0 radical (unpaired) electrons. The summed E-state index contributed by atoms with van der Waals surface area (Å²) in [6, 6.07) is 0.922. The lowest BCUT2D eigenvalue weighted by Crippen LogP contribution is -2.50. The van der Waals surface area contributed by atoms with Gasteiger partial charge in [0.25, 0.3) is 0 Å². The maximum absolute atomic E-state index is 12.0. The number of rotatable bonds is 4. The van der Waals surface area contributed by atoms with E-state index in [1.807, 2.05) is 0 Å². The largest absolute Gasteiger partial charge is 0.344 e. The van der Waals surface area contributed by atoms with E-state index in [-0.39, 0.29) is 6.03 Å². The number of nitrogens with one attached hydrogen (secondary N) is 2. The monoisotopic (exact) mass is 382 g/mol. The van der Waals surface area contributed by atoms with Gasteiger partial charge in [-0.2, -0.15) is 11.8 Å². The van der Waals surface area contributed by atoms with Crippen molar-refractivity contribution in [2.24, 2.45) is 0 Å². The third kappa shape index (κ3) is 4.38. The highest BCUT2D eigenvalue weighted by atomic mass is 32.2. The van der Waals surface area contributed by atoms with E-state index in [1.54, 1.807) is 0 Å². The first-order chi connectivity index (χ1) is 12.3. The number of hydrogen-bond acceptors (Lipinski definition) is 7. The predicted molar refractivity (Wildman–Crippen MR) is 104 cm³/mol. The van der Waals surface area contributed by atoms with Gasteiger partial charge in [-0.3, -0.25) is 10.2 Å². The molecule has 3 fully saturated rings. The van der Waals surface area contributed by atoms with E-state index in [1.165, 1.54) is 42.1 Å². The van der Waals surface area contributed by atoms with Crippen LogP contribution in [0, 0.1) is 0 Å². The lowest BCUT2D eigenvalue weighted by atomic mass is 10.2. The molecule has 2 amide bonds. The van der Waals surface area contributed by atoms with Crippen LogP contribution in [0.2, 0.25) is 0 Å². The Balaban J connectivity index is 1.25. The van der Waals surface area contributed by atoms with E-state index >= 15 is 0 Å². The van der Waals surface area contributed by atoms with Gasteiger partial charge in [-0.15, -0.1) is 10.2 Å². The van der Waals surface area contributed by atoms with Crippen molar-refractivity contribution >= 4 is 39.4 Å². The van der Waals surface area contributed by atoms with Crippen molar-refractivity contribution in [1.29, 1.82) is 0 Å². The fourth-order valence-corrected chi connectivity index (χ4v) is 5.92. The minimum Gasteiger partial charge on any atom is -0.344 e. The van der Waals surface area contributed by atoms with Gasteiger partial charge in [0.1, 0.15) is 0 Å². The number of anilines is 2. The standard InChI is InChI=1S/C16H26N6OS2/c23-14(17-12-3-1-2-4-12)18-15-19-20-16(25-15)22-8-6-21(7-9-22)13-5-10-24-11-13/h12-13H,1-11H2,(H2,17,18,19,23). The number of carbonyl (C=O) groups excluding carboxylic acids is 1. The van der Waals surface area contributed by atoms with Crippen LogP contribution in [0.15, 0.2) is 0 Å². The third-order valence-electron chi connectivity index (χ3n) is 5.33. The van der Waals surface area contributed by atoms with Crippen molar-refractivity contribution in [3.05, 3.63) is 0 Å². The molecule has 25 heavy (non-hydrogen) atoms. The van der Waals surface area contributed by atoms with E-state index in [4.69, 9.17) is 0 Å². The van der Waals surface area contributed by atoms with Crippen LogP contribution in [0.4, 0.5) is 15.1 Å². The molecule has 3 heterocycles. The Morgan fingerprint density at radius 3 is 2.60 bits per heavy atom. The summed E-state index contributed by atoms with van der Waals surface area (Å²) in [6.07, 6.45) is 5.91. The molecule has 0 bridgehead atoms. The summed E-state index contributed by atoms with van der Waals surface area (Å²) in [5, 5.41) is 15.8. The van der Waals surface area contributed by atoms with Crippen molar-refractivity contribution in [3.8, 4) is 0 Å². The van der Waals surface area contributed by atoms with Gasteiger partial charge in [0.15, 0.2) is 0 Å². The molecule has 4 rings (SSSR count). The van der Waals surface area contributed by atoms with Crippen LogP contribution in [0.1, 0.15) is 32.1 Å². The number of thioether (sulfide) groups is 1. The van der Waals surface area contributed by atoms with Crippen molar-refractivity contribution in [2.75, 3.05) is 47.9 Å². The molecule has 2 saturated heterocycles. The lowest BCUT2D eigenvalue weighted by Gasteiger charge is -2.37. The van der Waals surface area contributed by atoms with Gasteiger partial charge in [-0.25, -0.2) is 4.79 Å². The van der Waals surface area contributed by atoms with E-state index in [9.17, 15) is 4.79 Å². The normalized spacial score (nSPS) is 25.4. The highest BCUT2D eigenvalue weighted by molar-refractivity contribution is 7.99. The summed E-state index contributed by atoms with van der Waals surface area (Å²) < 4.78 is 0. The number of aromatic nitrogens is 2. The molecule has 1 saturated carbocycles. The average molecular weight is 383 g/mol. The Morgan fingerprint density at radius 2 is 1.88 bits per heavy atom. The van der Waals surface area contributed by atoms with Crippen LogP contribution < -0.4 is 15.5 Å². The molecule has 138 valence electrons. The first-order valence-corrected chi connectivity index (χ1v) is 11.2. The van der Waals surface area contributed by atoms with Gasteiger partial charge in [0.05, 0.1) is 0 Å². The van der Waals surface area contributed by atoms with Gasteiger partial charge in [0, 0.05) is 44.0 Å². The summed E-state index contributed by atoms with van der Waals surface area (Å²) in [5.74, 6) is 2.59.